The number of H-pyrrole nitrogens is 1. The Kier molecular flexibility index (Phi) is 10.4. The number of thioether (sulfide) groups is 1. The van der Waals surface area contributed by atoms with Gasteiger partial charge in [0.1, 0.15) is 5.82 Å². The van der Waals surface area contributed by atoms with Gasteiger partial charge in [-0.1, -0.05) is 18.2 Å². The lowest BCUT2D eigenvalue weighted by Gasteiger charge is -2.36. The molecule has 0 aliphatic carbocycles. The topological polar surface area (TPSA) is 59.7 Å². The van der Waals surface area contributed by atoms with Crippen molar-refractivity contribution in [1.82, 2.24) is 19.7 Å². The summed E-state index contributed by atoms with van der Waals surface area (Å²) in [4.78, 5) is 35.7. The Balaban J connectivity index is 0.00000185. The van der Waals surface area contributed by atoms with Gasteiger partial charge in [0.2, 0.25) is 0 Å². The first-order chi connectivity index (χ1) is 18.5. The molecule has 0 spiro atoms. The second-order valence-corrected chi connectivity index (χ2v) is 11.5. The summed E-state index contributed by atoms with van der Waals surface area (Å²) in [6, 6.07) is 12.5. The maximum absolute atomic E-state index is 13.4. The van der Waals surface area contributed by atoms with Gasteiger partial charge in [-0.2, -0.15) is 11.8 Å². The fourth-order valence-electron chi connectivity index (χ4n) is 5.80. The molecule has 4 heterocycles. The Morgan fingerprint density at radius 1 is 0.900 bits per heavy atom. The second kappa shape index (κ2) is 13.5. The number of nitrogens with one attached hydrogen (secondary N) is 1. The molecule has 6 rings (SSSR count). The van der Waals surface area contributed by atoms with Crippen LogP contribution in [-0.2, 0) is 12.2 Å². The van der Waals surface area contributed by atoms with Crippen LogP contribution < -0.4 is 5.56 Å². The molecule has 0 saturated carbocycles. The number of aryl methyl sites for hydroxylation is 1. The van der Waals surface area contributed by atoms with Crippen LogP contribution in [0.3, 0.4) is 0 Å². The summed E-state index contributed by atoms with van der Waals surface area (Å²) in [6.07, 6.45) is 4.12. The highest BCUT2D eigenvalue weighted by Gasteiger charge is 2.24. The molecule has 1 N–H and O–H groups in total. The third-order valence-electron chi connectivity index (χ3n) is 8.12. The highest BCUT2D eigenvalue weighted by atomic mass is 35.5. The second-order valence-electron chi connectivity index (χ2n) is 10.4. The van der Waals surface area contributed by atoms with E-state index in [1.165, 1.54) is 17.7 Å². The van der Waals surface area contributed by atoms with Crippen LogP contribution >= 0.6 is 36.6 Å². The number of fused-ring (bicyclic) bond motifs is 3. The molecule has 1 amide bonds. The van der Waals surface area contributed by atoms with Gasteiger partial charge >= 0.3 is 0 Å². The van der Waals surface area contributed by atoms with Crippen molar-refractivity contribution in [2.24, 2.45) is 0 Å². The molecule has 3 aliphatic rings. The van der Waals surface area contributed by atoms with Gasteiger partial charge in [-0.15, -0.1) is 24.8 Å². The Labute approximate surface area is 250 Å². The van der Waals surface area contributed by atoms with E-state index in [4.69, 9.17) is 0 Å². The van der Waals surface area contributed by atoms with Gasteiger partial charge in [0.05, 0.1) is 0 Å². The minimum absolute atomic E-state index is 0. The summed E-state index contributed by atoms with van der Waals surface area (Å²) in [5.74, 6) is 1.63. The molecule has 0 unspecified atom stereocenters. The van der Waals surface area contributed by atoms with Crippen LogP contribution in [0.5, 0.6) is 0 Å². The monoisotopic (exact) mass is 604 g/mol. The van der Waals surface area contributed by atoms with E-state index in [0.29, 0.717) is 5.56 Å². The Hall–Kier alpha value is -2.36. The van der Waals surface area contributed by atoms with E-state index in [2.05, 4.69) is 20.9 Å². The molecule has 40 heavy (non-hydrogen) atoms. The minimum Gasteiger partial charge on any atom is -0.336 e. The van der Waals surface area contributed by atoms with Gasteiger partial charge in [-0.25, -0.2) is 4.39 Å². The first-order valence-corrected chi connectivity index (χ1v) is 14.6. The minimum atomic E-state index is -0.193. The van der Waals surface area contributed by atoms with Crippen molar-refractivity contribution in [2.45, 2.75) is 18.6 Å². The van der Waals surface area contributed by atoms with Crippen LogP contribution in [0.15, 0.2) is 53.3 Å². The lowest BCUT2D eigenvalue weighted by Crippen LogP contribution is -2.50. The number of rotatable bonds is 5. The number of carbonyl (C=O) groups excluding carboxylic acids is 1. The number of aromatic nitrogens is 1. The van der Waals surface area contributed by atoms with Crippen LogP contribution in [0, 0.1) is 5.82 Å². The maximum atomic E-state index is 13.4. The van der Waals surface area contributed by atoms with Gasteiger partial charge in [0.15, 0.2) is 0 Å². The molecule has 3 aliphatic heterocycles. The average Bonchev–Trinajstić information content (AvgIpc) is 2.97. The van der Waals surface area contributed by atoms with Crippen molar-refractivity contribution in [1.29, 1.82) is 0 Å². The Morgan fingerprint density at radius 3 is 2.38 bits per heavy atom. The Morgan fingerprint density at radius 2 is 1.65 bits per heavy atom. The molecule has 10 heteroatoms. The molecule has 6 nitrogen and oxygen atoms in total. The molecule has 1 fully saturated rings. The van der Waals surface area contributed by atoms with E-state index in [-0.39, 0.29) is 42.1 Å². The first-order valence-electron chi connectivity index (χ1n) is 13.5. The van der Waals surface area contributed by atoms with Gasteiger partial charge in [0.25, 0.3) is 11.5 Å². The lowest BCUT2D eigenvalue weighted by atomic mass is 9.99. The van der Waals surface area contributed by atoms with Crippen molar-refractivity contribution in [3.05, 3.63) is 87.0 Å². The summed E-state index contributed by atoms with van der Waals surface area (Å²) in [5, 5.41) is 1.02. The molecule has 214 valence electrons. The number of benzene rings is 2. The SMILES string of the molecule is Cl.Cl.O=C(c1ccc2[nH]c(=O)c3c(c2c1)CCSC3)N1CCN(CCN2CC=C(c3ccc(F)cc3)CC2)CC1. The smallest absolute Gasteiger partial charge is 0.253 e. The van der Waals surface area contributed by atoms with Gasteiger partial charge < -0.3 is 9.88 Å². The van der Waals surface area contributed by atoms with Crippen LogP contribution in [0.2, 0.25) is 0 Å². The number of pyridine rings is 1. The zero-order chi connectivity index (χ0) is 26.1. The standard InChI is InChI=1S/C30H33FN4O2S.2ClH/c31-24-4-1-21(2-5-24)22-7-10-33(11-8-22)12-13-34-14-16-35(17-15-34)30(37)23-3-6-28-26(19-23)25-9-18-38-20-27(25)29(36)32-28;;/h1-7,19H,8-18,20H2,(H,32,36);2*1H. The highest BCUT2D eigenvalue weighted by molar-refractivity contribution is 7.98. The van der Waals surface area contributed by atoms with E-state index < -0.39 is 0 Å². The van der Waals surface area contributed by atoms with E-state index >= 15 is 0 Å². The van der Waals surface area contributed by atoms with Gasteiger partial charge in [-0.05, 0) is 65.6 Å². The number of amides is 1. The van der Waals surface area contributed by atoms with Crippen LogP contribution in [-0.4, -0.2) is 83.7 Å². The largest absolute Gasteiger partial charge is 0.336 e. The van der Waals surface area contributed by atoms with Crippen LogP contribution in [0.25, 0.3) is 16.5 Å². The van der Waals surface area contributed by atoms with Crippen molar-refractivity contribution in [2.75, 3.05) is 58.1 Å². The normalized spacial score (nSPS) is 17.9. The number of aromatic amines is 1. The van der Waals surface area contributed by atoms with E-state index in [9.17, 15) is 14.0 Å². The predicted molar refractivity (Wildman–Crippen MR) is 167 cm³/mol. The molecule has 3 aromatic rings. The van der Waals surface area contributed by atoms with E-state index in [1.54, 1.807) is 11.8 Å². The zero-order valence-corrected chi connectivity index (χ0v) is 24.8. The first kappa shape index (κ1) is 30.6. The third-order valence-corrected chi connectivity index (χ3v) is 9.11. The van der Waals surface area contributed by atoms with Gasteiger partial charge in [-0.3, -0.25) is 19.4 Å². The fourth-order valence-corrected chi connectivity index (χ4v) is 6.80. The highest BCUT2D eigenvalue weighted by Crippen LogP contribution is 2.28. The number of hydrogen-bond acceptors (Lipinski definition) is 5. The quantitative estimate of drug-likeness (QED) is 0.451. The Bertz CT molecular complexity index is 1440. The molecule has 1 aromatic heterocycles. The third kappa shape index (κ3) is 6.58. The molecule has 0 atom stereocenters. The summed E-state index contributed by atoms with van der Waals surface area (Å²) >= 11 is 1.79. The summed E-state index contributed by atoms with van der Waals surface area (Å²) < 4.78 is 13.2. The molecular weight excluding hydrogens is 570 g/mol. The van der Waals surface area contributed by atoms with Gasteiger partial charge in [0, 0.05) is 80.1 Å². The van der Waals surface area contributed by atoms with Crippen LogP contribution in [0.1, 0.15) is 33.5 Å². The molecule has 2 aromatic carbocycles. The molecule has 0 bridgehead atoms. The number of carbonyl (C=O) groups is 1. The maximum Gasteiger partial charge on any atom is 0.253 e. The average molecular weight is 606 g/mol. The number of nitrogens with zero attached hydrogens (tertiary/aromatic N) is 3. The summed E-state index contributed by atoms with van der Waals surface area (Å²) in [5.41, 5.74) is 5.92. The van der Waals surface area contributed by atoms with Crippen molar-refractivity contribution in [3.8, 4) is 0 Å². The van der Waals surface area contributed by atoms with E-state index in [0.717, 1.165) is 104 Å². The lowest BCUT2D eigenvalue weighted by molar-refractivity contribution is 0.0625. The van der Waals surface area contributed by atoms with Crippen molar-refractivity contribution >= 4 is 59.0 Å². The van der Waals surface area contributed by atoms with Crippen molar-refractivity contribution < 1.29 is 9.18 Å². The van der Waals surface area contributed by atoms with E-state index in [1.807, 2.05) is 35.2 Å². The zero-order valence-electron chi connectivity index (χ0n) is 22.4. The summed E-state index contributed by atoms with van der Waals surface area (Å²) in [7, 11) is 0. The number of halogens is 3. The molecule has 1 saturated heterocycles. The fraction of sp³-hybridized carbons (Fsp3) is 0.400. The molecular formula is C30H35Cl2FN4O2S. The number of hydrogen-bond donors (Lipinski definition) is 1. The summed E-state index contributed by atoms with van der Waals surface area (Å²) in [6.45, 7) is 7.14. The number of piperazine rings is 1. The van der Waals surface area contributed by atoms with Crippen molar-refractivity contribution in [3.63, 3.8) is 0 Å². The predicted octanol–water partition coefficient (Wildman–Crippen LogP) is 4.85. The molecule has 0 radical (unpaired) electrons. The van der Waals surface area contributed by atoms with Crippen LogP contribution in [0.4, 0.5) is 4.39 Å².